The van der Waals surface area contributed by atoms with Gasteiger partial charge in [-0.3, -0.25) is 4.79 Å². The maximum atomic E-state index is 11.9. The molecule has 1 aliphatic heterocycles. The summed E-state index contributed by atoms with van der Waals surface area (Å²) < 4.78 is 5.05. The smallest absolute Gasteiger partial charge is 0.253 e. The van der Waals surface area contributed by atoms with Gasteiger partial charge in [-0.2, -0.15) is 0 Å². The van der Waals surface area contributed by atoms with E-state index in [0.717, 1.165) is 32.6 Å². The Hall–Kier alpha value is -0.360. The highest BCUT2D eigenvalue weighted by molar-refractivity contribution is 5.85. The number of carbonyl (C=O) groups is 1. The molecule has 96 valence electrons. The number of rotatable bonds is 3. The van der Waals surface area contributed by atoms with Gasteiger partial charge in [0.25, 0.3) is 5.91 Å². The number of nitrogens with two attached hydrogens (primary N) is 1. The average molecular weight is 252 g/mol. The summed E-state index contributed by atoms with van der Waals surface area (Å²) in [5.41, 5.74) is 5.47. The van der Waals surface area contributed by atoms with Crippen LogP contribution in [-0.2, 0) is 9.53 Å². The molecule has 0 aromatic rings. The summed E-state index contributed by atoms with van der Waals surface area (Å²) in [6.45, 7) is 3.80. The van der Waals surface area contributed by atoms with Crippen LogP contribution in [0.15, 0.2) is 0 Å². The summed E-state index contributed by atoms with van der Waals surface area (Å²) in [7, 11) is 3.60. The number of halogens is 1. The van der Waals surface area contributed by atoms with Crippen molar-refractivity contribution in [1.29, 1.82) is 0 Å². The van der Waals surface area contributed by atoms with Gasteiger partial charge in [0.15, 0.2) is 0 Å². The molecular weight excluding hydrogens is 230 g/mol. The number of methoxy groups -OCH3 is 1. The zero-order valence-corrected chi connectivity index (χ0v) is 10.8. The molecule has 0 saturated carbocycles. The minimum atomic E-state index is -0.478. The van der Waals surface area contributed by atoms with Crippen LogP contribution in [0, 0.1) is 0 Å². The lowest BCUT2D eigenvalue weighted by Gasteiger charge is -2.24. The number of likely N-dealkylation sites (N-methyl/N-ethyl adjacent to an activating group) is 1. The van der Waals surface area contributed by atoms with Crippen molar-refractivity contribution in [3.63, 3.8) is 0 Å². The number of hydrogen-bond acceptors (Lipinski definition) is 4. The zero-order valence-electron chi connectivity index (χ0n) is 10.0. The Labute approximate surface area is 103 Å². The van der Waals surface area contributed by atoms with Crippen molar-refractivity contribution >= 4 is 18.3 Å². The molecule has 0 bridgehead atoms. The van der Waals surface area contributed by atoms with Gasteiger partial charge in [-0.05, 0) is 20.0 Å². The van der Waals surface area contributed by atoms with Crippen LogP contribution in [0.2, 0.25) is 0 Å². The van der Waals surface area contributed by atoms with Gasteiger partial charge in [0.2, 0.25) is 0 Å². The molecule has 1 heterocycles. The number of carbonyl (C=O) groups excluding carboxylic acids is 1. The van der Waals surface area contributed by atoms with E-state index in [4.69, 9.17) is 10.5 Å². The molecule has 1 unspecified atom stereocenters. The van der Waals surface area contributed by atoms with E-state index in [1.165, 1.54) is 7.11 Å². The second-order valence-electron chi connectivity index (χ2n) is 3.94. The Morgan fingerprint density at radius 3 is 2.62 bits per heavy atom. The number of ether oxygens (including phenoxy) is 1. The molecule has 0 radical (unpaired) electrons. The van der Waals surface area contributed by atoms with E-state index in [1.807, 2.05) is 4.90 Å². The molecule has 0 aromatic carbocycles. The van der Waals surface area contributed by atoms with Crippen molar-refractivity contribution < 1.29 is 9.53 Å². The van der Waals surface area contributed by atoms with Crippen molar-refractivity contribution in [1.82, 2.24) is 9.80 Å². The monoisotopic (exact) mass is 251 g/mol. The van der Waals surface area contributed by atoms with E-state index >= 15 is 0 Å². The first-order chi connectivity index (χ1) is 7.19. The molecule has 16 heavy (non-hydrogen) atoms. The summed E-state index contributed by atoms with van der Waals surface area (Å²) in [6, 6.07) is 0. The Balaban J connectivity index is 0.00000225. The lowest BCUT2D eigenvalue weighted by molar-refractivity contribution is -0.141. The zero-order chi connectivity index (χ0) is 11.3. The standard InChI is InChI=1S/C10H21N3O2.ClH/c1-12-4-3-5-13(7-6-12)10(14)9(8-11)15-2;/h9H,3-8,11H2,1-2H3;1H. The molecule has 1 amide bonds. The summed E-state index contributed by atoms with van der Waals surface area (Å²) in [6.07, 6.45) is 0.539. The van der Waals surface area contributed by atoms with Crippen LogP contribution in [0.1, 0.15) is 6.42 Å². The summed E-state index contributed by atoms with van der Waals surface area (Å²) in [5, 5.41) is 0. The SMILES string of the molecule is COC(CN)C(=O)N1CCCN(C)CC1.Cl. The first kappa shape index (κ1) is 15.6. The normalized spacial score (nSPS) is 19.8. The number of hydrogen-bond donors (Lipinski definition) is 1. The van der Waals surface area contributed by atoms with Crippen molar-refractivity contribution in [2.24, 2.45) is 5.73 Å². The lowest BCUT2D eigenvalue weighted by atomic mass is 10.3. The molecule has 1 aliphatic rings. The topological polar surface area (TPSA) is 58.8 Å². The molecule has 1 atom stereocenters. The fraction of sp³-hybridized carbons (Fsp3) is 0.900. The van der Waals surface area contributed by atoms with E-state index in [2.05, 4.69) is 11.9 Å². The fourth-order valence-corrected chi connectivity index (χ4v) is 1.77. The first-order valence-corrected chi connectivity index (χ1v) is 5.39. The van der Waals surface area contributed by atoms with Crippen LogP contribution in [0.5, 0.6) is 0 Å². The largest absolute Gasteiger partial charge is 0.370 e. The van der Waals surface area contributed by atoms with Gasteiger partial charge in [0.1, 0.15) is 6.10 Å². The second kappa shape index (κ2) is 7.84. The van der Waals surface area contributed by atoms with Gasteiger partial charge in [-0.1, -0.05) is 0 Å². The molecule has 1 fully saturated rings. The first-order valence-electron chi connectivity index (χ1n) is 5.39. The van der Waals surface area contributed by atoms with Crippen LogP contribution >= 0.6 is 12.4 Å². The predicted molar refractivity (Wildman–Crippen MR) is 65.8 cm³/mol. The highest BCUT2D eigenvalue weighted by atomic mass is 35.5. The molecule has 1 saturated heterocycles. The number of amides is 1. The molecule has 0 spiro atoms. The molecule has 0 aromatic heterocycles. The van der Waals surface area contributed by atoms with Gasteiger partial charge in [-0.25, -0.2) is 0 Å². The summed E-state index contributed by atoms with van der Waals surface area (Å²) in [5.74, 6) is 0.0234. The lowest BCUT2D eigenvalue weighted by Crippen LogP contribution is -2.45. The van der Waals surface area contributed by atoms with E-state index in [0.29, 0.717) is 0 Å². The molecule has 0 aliphatic carbocycles. The Morgan fingerprint density at radius 1 is 1.38 bits per heavy atom. The van der Waals surface area contributed by atoms with Gasteiger partial charge in [-0.15, -0.1) is 12.4 Å². The van der Waals surface area contributed by atoms with Crippen LogP contribution in [0.25, 0.3) is 0 Å². The highest BCUT2D eigenvalue weighted by Crippen LogP contribution is 2.04. The van der Waals surface area contributed by atoms with Gasteiger partial charge in [0, 0.05) is 33.3 Å². The quantitative estimate of drug-likeness (QED) is 0.738. The van der Waals surface area contributed by atoms with Gasteiger partial charge in [0.05, 0.1) is 0 Å². The molecule has 5 nitrogen and oxygen atoms in total. The summed E-state index contributed by atoms with van der Waals surface area (Å²) >= 11 is 0. The van der Waals surface area contributed by atoms with Crippen LogP contribution in [-0.4, -0.2) is 68.7 Å². The highest BCUT2D eigenvalue weighted by Gasteiger charge is 2.24. The van der Waals surface area contributed by atoms with Crippen molar-refractivity contribution in [2.45, 2.75) is 12.5 Å². The molecular formula is C10H22ClN3O2. The molecule has 6 heteroatoms. The molecule has 1 rings (SSSR count). The Kier molecular flexibility index (Phi) is 7.66. The number of nitrogens with zero attached hydrogens (tertiary/aromatic N) is 2. The van der Waals surface area contributed by atoms with Crippen LogP contribution in [0.3, 0.4) is 0 Å². The average Bonchev–Trinajstić information content (AvgIpc) is 2.44. The van der Waals surface area contributed by atoms with Crippen LogP contribution in [0.4, 0.5) is 0 Å². The Bertz CT molecular complexity index is 212. The maximum absolute atomic E-state index is 11.9. The minimum Gasteiger partial charge on any atom is -0.370 e. The maximum Gasteiger partial charge on any atom is 0.253 e. The third kappa shape index (κ3) is 4.25. The predicted octanol–water partition coefficient (Wildman–Crippen LogP) is -0.454. The van der Waals surface area contributed by atoms with Crippen molar-refractivity contribution in [2.75, 3.05) is 46.9 Å². The minimum absolute atomic E-state index is 0. The van der Waals surface area contributed by atoms with E-state index in [-0.39, 0.29) is 24.9 Å². The van der Waals surface area contributed by atoms with E-state index in [9.17, 15) is 4.79 Å². The van der Waals surface area contributed by atoms with Crippen molar-refractivity contribution in [3.8, 4) is 0 Å². The third-order valence-electron chi connectivity index (χ3n) is 2.81. The molecule has 2 N–H and O–H groups in total. The van der Waals surface area contributed by atoms with Gasteiger partial charge < -0.3 is 20.3 Å². The van der Waals surface area contributed by atoms with E-state index < -0.39 is 6.10 Å². The fourth-order valence-electron chi connectivity index (χ4n) is 1.77. The second-order valence-corrected chi connectivity index (χ2v) is 3.94. The van der Waals surface area contributed by atoms with Crippen molar-refractivity contribution in [3.05, 3.63) is 0 Å². The van der Waals surface area contributed by atoms with Gasteiger partial charge >= 0.3 is 0 Å². The van der Waals surface area contributed by atoms with E-state index in [1.54, 1.807) is 0 Å². The third-order valence-corrected chi connectivity index (χ3v) is 2.81. The van der Waals surface area contributed by atoms with Crippen LogP contribution < -0.4 is 5.73 Å². The summed E-state index contributed by atoms with van der Waals surface area (Å²) in [4.78, 5) is 16.0. The Morgan fingerprint density at radius 2 is 2.06 bits per heavy atom.